The number of hydrogen-bond donors (Lipinski definition) is 3. The maximum absolute atomic E-state index is 14.9. The molecule has 8 rings (SSSR count). The van der Waals surface area contributed by atoms with Gasteiger partial charge in [0.1, 0.15) is 29.5 Å². The van der Waals surface area contributed by atoms with Gasteiger partial charge in [-0.15, -0.1) is 0 Å². The van der Waals surface area contributed by atoms with Crippen molar-refractivity contribution in [3.8, 4) is 11.6 Å². The average molecular weight is 807 g/mol. The van der Waals surface area contributed by atoms with Gasteiger partial charge >= 0.3 is 6.03 Å². The van der Waals surface area contributed by atoms with Crippen molar-refractivity contribution < 1.29 is 41.8 Å². The fourth-order valence-corrected chi connectivity index (χ4v) is 10.5. The lowest BCUT2D eigenvalue weighted by molar-refractivity contribution is -0.142. The number of nitrogens with one attached hydrogen (secondary N) is 3. The number of pyridine rings is 1. The SMILES string of the molecule is CC[C@@H]1C[C@]1(NC(=O)[C@@H]1C[C@@H]2CN1C(=O)[C@H](C1CCCC1)NC(=O)N1CC[C@@H](C1)OCCC/C=C/c1cc3ccc(OC)cc3nc1O2)C(=O)NS(=O)(=O)C1CC1. The van der Waals surface area contributed by atoms with Gasteiger partial charge in [0.25, 0.3) is 5.91 Å². The predicted molar refractivity (Wildman–Crippen MR) is 211 cm³/mol. The summed E-state index contributed by atoms with van der Waals surface area (Å²) in [5, 5.41) is 6.29. The molecule has 1 aromatic heterocycles. The summed E-state index contributed by atoms with van der Waals surface area (Å²) in [7, 11) is -2.28. The molecule has 2 saturated heterocycles. The quantitative estimate of drug-likeness (QED) is 0.356. The Morgan fingerprint density at radius 3 is 2.60 bits per heavy atom. The number of allylic oxidation sites excluding steroid dienone is 1. The molecule has 6 aliphatic rings. The molecule has 308 valence electrons. The molecule has 15 nitrogen and oxygen atoms in total. The molecule has 0 unspecified atom stereocenters. The van der Waals surface area contributed by atoms with Gasteiger partial charge in [0.05, 0.1) is 30.5 Å². The van der Waals surface area contributed by atoms with Crippen LogP contribution in [0.2, 0.25) is 0 Å². The normalized spacial score (nSPS) is 30.4. The van der Waals surface area contributed by atoms with Gasteiger partial charge in [-0.2, -0.15) is 0 Å². The molecule has 3 saturated carbocycles. The van der Waals surface area contributed by atoms with Gasteiger partial charge in [-0.05, 0) is 81.4 Å². The van der Waals surface area contributed by atoms with Gasteiger partial charge in [0.15, 0.2) is 0 Å². The summed E-state index contributed by atoms with van der Waals surface area (Å²) in [5.41, 5.74) is -0.0383. The molecule has 0 spiro atoms. The number of methoxy groups -OCH3 is 1. The lowest BCUT2D eigenvalue weighted by Crippen LogP contribution is -2.60. The Morgan fingerprint density at radius 1 is 1.05 bits per heavy atom. The smallest absolute Gasteiger partial charge is 0.318 e. The molecule has 1 aromatic carbocycles. The van der Waals surface area contributed by atoms with Crippen LogP contribution in [0, 0.1) is 11.8 Å². The van der Waals surface area contributed by atoms with Crippen molar-refractivity contribution in [2.24, 2.45) is 11.8 Å². The van der Waals surface area contributed by atoms with Crippen LogP contribution >= 0.6 is 0 Å². The molecular weight excluding hydrogens is 753 g/mol. The van der Waals surface area contributed by atoms with Crippen molar-refractivity contribution in [1.82, 2.24) is 30.1 Å². The molecule has 5 fully saturated rings. The number of hydrogen-bond acceptors (Lipinski definition) is 10. The number of benzene rings is 1. The highest BCUT2D eigenvalue weighted by Gasteiger charge is 2.62. The molecule has 3 N–H and O–H groups in total. The summed E-state index contributed by atoms with van der Waals surface area (Å²) in [6, 6.07) is 5.32. The molecule has 5 amide bonds. The van der Waals surface area contributed by atoms with Crippen LogP contribution in [0.4, 0.5) is 4.79 Å². The minimum Gasteiger partial charge on any atom is -0.497 e. The number of nitrogens with zero attached hydrogens (tertiary/aromatic N) is 3. The van der Waals surface area contributed by atoms with Crippen molar-refractivity contribution in [2.45, 2.75) is 119 Å². The van der Waals surface area contributed by atoms with Gasteiger partial charge < -0.3 is 34.6 Å². The van der Waals surface area contributed by atoms with Gasteiger partial charge in [-0.25, -0.2) is 18.2 Å². The molecule has 0 radical (unpaired) electrons. The monoisotopic (exact) mass is 806 g/mol. The highest BCUT2D eigenvalue weighted by Crippen LogP contribution is 2.47. The molecule has 6 atom stereocenters. The maximum Gasteiger partial charge on any atom is 0.318 e. The first-order valence-electron chi connectivity index (χ1n) is 20.7. The Kier molecular flexibility index (Phi) is 11.1. The van der Waals surface area contributed by atoms with E-state index in [9.17, 15) is 27.6 Å². The molecular formula is C41H54N6O9S. The Bertz CT molecular complexity index is 2030. The number of ether oxygens (including phenoxy) is 3. The fraction of sp³-hybridized carbons (Fsp3) is 0.634. The predicted octanol–water partition coefficient (Wildman–Crippen LogP) is 3.65. The summed E-state index contributed by atoms with van der Waals surface area (Å²) in [6.45, 7) is 3.40. The lowest BCUT2D eigenvalue weighted by atomic mass is 9.96. The van der Waals surface area contributed by atoms with Crippen LogP contribution in [-0.2, 0) is 29.1 Å². The number of sulfonamides is 1. The Morgan fingerprint density at radius 2 is 1.86 bits per heavy atom. The highest BCUT2D eigenvalue weighted by atomic mass is 32.2. The number of fused-ring (bicyclic) bond motifs is 6. The first-order chi connectivity index (χ1) is 27.5. The summed E-state index contributed by atoms with van der Waals surface area (Å²) in [6.07, 6.45) is 10.7. The van der Waals surface area contributed by atoms with Crippen LogP contribution in [0.25, 0.3) is 17.0 Å². The van der Waals surface area contributed by atoms with E-state index < -0.39 is 50.8 Å². The number of amides is 5. The Balaban J connectivity index is 1.13. The van der Waals surface area contributed by atoms with Gasteiger partial charge in [-0.3, -0.25) is 19.1 Å². The van der Waals surface area contributed by atoms with Crippen molar-refractivity contribution in [2.75, 3.05) is 33.4 Å². The number of rotatable bonds is 8. The van der Waals surface area contributed by atoms with E-state index in [4.69, 9.17) is 19.2 Å². The topological polar surface area (TPSA) is 186 Å². The number of carbonyl (C=O) groups is 4. The van der Waals surface area contributed by atoms with Crippen LogP contribution in [0.1, 0.15) is 89.5 Å². The van der Waals surface area contributed by atoms with Crippen molar-refractivity contribution in [3.05, 3.63) is 35.9 Å². The number of carbonyl (C=O) groups excluding carboxylic acids is 4. The minimum absolute atomic E-state index is 0.0308. The second-order valence-corrected chi connectivity index (χ2v) is 18.6. The second kappa shape index (κ2) is 16.1. The summed E-state index contributed by atoms with van der Waals surface area (Å²) in [5.74, 6) is -1.14. The van der Waals surface area contributed by atoms with Gasteiger partial charge in [0.2, 0.25) is 27.7 Å². The largest absolute Gasteiger partial charge is 0.497 e. The van der Waals surface area contributed by atoms with Crippen LogP contribution < -0.4 is 24.8 Å². The summed E-state index contributed by atoms with van der Waals surface area (Å²) >= 11 is 0. The molecule has 3 aliphatic carbocycles. The van der Waals surface area contributed by atoms with Crippen LogP contribution in [0.3, 0.4) is 0 Å². The van der Waals surface area contributed by atoms with E-state index in [1.54, 1.807) is 12.0 Å². The molecule has 3 aliphatic heterocycles. The summed E-state index contributed by atoms with van der Waals surface area (Å²) < 4.78 is 46.2. The fourth-order valence-electron chi connectivity index (χ4n) is 9.10. The van der Waals surface area contributed by atoms with E-state index >= 15 is 0 Å². The Labute approximate surface area is 333 Å². The zero-order chi connectivity index (χ0) is 39.9. The van der Waals surface area contributed by atoms with Crippen molar-refractivity contribution in [3.63, 3.8) is 0 Å². The van der Waals surface area contributed by atoms with Gasteiger partial charge in [-0.1, -0.05) is 38.3 Å². The lowest BCUT2D eigenvalue weighted by Gasteiger charge is -2.33. The third kappa shape index (κ3) is 8.30. The van der Waals surface area contributed by atoms with E-state index in [0.717, 1.165) is 49.5 Å². The first kappa shape index (κ1) is 39.4. The van der Waals surface area contributed by atoms with Crippen LogP contribution in [-0.4, -0.2) is 115 Å². The van der Waals surface area contributed by atoms with E-state index in [0.29, 0.717) is 62.5 Å². The Hall–Kier alpha value is -4.44. The average Bonchev–Trinajstić information content (AvgIpc) is 3.97. The third-order valence-electron chi connectivity index (χ3n) is 12.7. The summed E-state index contributed by atoms with van der Waals surface area (Å²) in [4.78, 5) is 65.0. The first-order valence-corrected chi connectivity index (χ1v) is 22.2. The minimum atomic E-state index is -3.86. The van der Waals surface area contributed by atoms with E-state index in [1.165, 1.54) is 4.90 Å². The van der Waals surface area contributed by atoms with Gasteiger partial charge in [0, 0.05) is 43.1 Å². The van der Waals surface area contributed by atoms with Crippen molar-refractivity contribution >= 4 is 50.8 Å². The molecule has 4 bridgehead atoms. The van der Waals surface area contributed by atoms with Crippen LogP contribution in [0.5, 0.6) is 11.6 Å². The number of aromatic nitrogens is 1. The molecule has 4 heterocycles. The molecule has 16 heteroatoms. The third-order valence-corrected chi connectivity index (χ3v) is 14.5. The van der Waals surface area contributed by atoms with Crippen LogP contribution in [0.15, 0.2) is 30.3 Å². The number of urea groups is 1. The standard InChI is InChI=1S/C41H54N6O9S/c1-3-28-22-41(28,39(50)45-57(52,53)32-14-15-32)44-36(48)34-21-31-24-47(34)38(49)35(25-9-6-7-10-25)43-40(51)46-17-16-30(23-46)55-18-8-4-5-11-27-19-26-12-13-29(54-2)20-33(26)42-37(27)56-31/h5,11-13,19-20,25,28,30-32,34-35H,3-4,6-10,14-18,21-24H2,1-2H3,(H,43,51)(H,44,48)(H,45,50)/b11-5+/t28-,30+,31-,34+,35+,41-/m1/s1. The molecule has 2 aromatic rings. The zero-order valence-corrected chi connectivity index (χ0v) is 33.6. The van der Waals surface area contributed by atoms with E-state index in [2.05, 4.69) is 15.4 Å². The molecule has 57 heavy (non-hydrogen) atoms. The van der Waals surface area contributed by atoms with E-state index in [-0.39, 0.29) is 49.3 Å². The zero-order valence-electron chi connectivity index (χ0n) is 32.7. The van der Waals surface area contributed by atoms with E-state index in [1.807, 2.05) is 43.3 Å². The second-order valence-electron chi connectivity index (χ2n) is 16.6. The maximum atomic E-state index is 14.9. The van der Waals surface area contributed by atoms with Crippen molar-refractivity contribution in [1.29, 1.82) is 0 Å². The highest BCUT2D eigenvalue weighted by molar-refractivity contribution is 7.91.